The molecule has 0 aliphatic rings. The number of nitrogens with one attached hydrogen (secondary N) is 2. The molecule has 0 fully saturated rings. The molecular formula is C49H34N2O9. The molecule has 0 aliphatic heterocycles. The normalized spacial score (nSPS) is 10.5. The Hall–Kier alpha value is -8.44. The second-order valence-electron chi connectivity index (χ2n) is 13.3. The van der Waals surface area contributed by atoms with Crippen molar-refractivity contribution in [3.8, 4) is 17.2 Å². The minimum atomic E-state index is -0.547. The zero-order chi connectivity index (χ0) is 41.8. The molecule has 0 heterocycles. The summed E-state index contributed by atoms with van der Waals surface area (Å²) in [6.45, 7) is 0. The number of carbonyl (C=O) groups excluding carboxylic acids is 6. The summed E-state index contributed by atoms with van der Waals surface area (Å²) in [5.74, 6) is -2.21. The lowest BCUT2D eigenvalue weighted by Crippen LogP contribution is -2.16. The molecule has 2 amide bonds. The Morgan fingerprint density at radius 1 is 0.350 bits per heavy atom. The molecule has 0 bridgehead atoms. The number of rotatable bonds is 13. The van der Waals surface area contributed by atoms with Gasteiger partial charge in [0.05, 0.1) is 16.7 Å². The molecule has 60 heavy (non-hydrogen) atoms. The van der Waals surface area contributed by atoms with Crippen LogP contribution in [-0.2, 0) is 6.42 Å². The zero-order valence-corrected chi connectivity index (χ0v) is 31.7. The van der Waals surface area contributed by atoms with Gasteiger partial charge in [0, 0.05) is 34.5 Å². The first-order valence-corrected chi connectivity index (χ1v) is 18.6. The number of hydrogen-bond acceptors (Lipinski definition) is 9. The molecule has 294 valence electrons. The topological polar surface area (TPSA) is 154 Å². The first kappa shape index (κ1) is 39.8. The van der Waals surface area contributed by atoms with Crippen LogP contribution in [0.2, 0.25) is 0 Å². The van der Waals surface area contributed by atoms with Gasteiger partial charge in [-0.3, -0.25) is 14.4 Å². The molecule has 0 atom stereocenters. The molecule has 0 saturated heterocycles. The van der Waals surface area contributed by atoms with E-state index in [1.807, 2.05) is 0 Å². The van der Waals surface area contributed by atoms with Gasteiger partial charge in [0.2, 0.25) is 0 Å². The molecule has 7 rings (SSSR count). The molecule has 0 aromatic heterocycles. The minimum Gasteiger partial charge on any atom is -0.423 e. The highest BCUT2D eigenvalue weighted by Crippen LogP contribution is 2.25. The fourth-order valence-corrected chi connectivity index (χ4v) is 5.87. The zero-order valence-electron chi connectivity index (χ0n) is 31.7. The van der Waals surface area contributed by atoms with Crippen LogP contribution in [-0.4, -0.2) is 35.5 Å². The van der Waals surface area contributed by atoms with Crippen molar-refractivity contribution >= 4 is 46.9 Å². The third-order valence-corrected chi connectivity index (χ3v) is 8.95. The highest BCUT2D eigenvalue weighted by atomic mass is 16.5. The van der Waals surface area contributed by atoms with Crippen molar-refractivity contribution in [2.45, 2.75) is 6.42 Å². The van der Waals surface area contributed by atoms with Crippen LogP contribution in [0, 0.1) is 0 Å². The lowest BCUT2D eigenvalue weighted by molar-refractivity contribution is 0.0725. The Kier molecular flexibility index (Phi) is 12.4. The molecule has 0 aliphatic carbocycles. The van der Waals surface area contributed by atoms with E-state index in [1.165, 1.54) is 66.7 Å². The Labute approximate surface area is 344 Å². The van der Waals surface area contributed by atoms with Crippen LogP contribution < -0.4 is 24.8 Å². The molecule has 11 heteroatoms. The quantitative estimate of drug-likeness (QED) is 0.0660. The largest absolute Gasteiger partial charge is 0.423 e. The average Bonchev–Trinajstić information content (AvgIpc) is 3.28. The van der Waals surface area contributed by atoms with Gasteiger partial charge in [-0.1, -0.05) is 66.7 Å². The SMILES string of the molecule is O=C(Cc1ccc(OC(=O)c2ccccc2)cc1)c1cc(NC(=O)c2ccc(OC(=O)c3ccccc3)cc2)cc(NC(=O)c2ccc(OC(=O)c3ccccc3)cc2)c1. The number of benzene rings is 7. The van der Waals surface area contributed by atoms with E-state index in [0.29, 0.717) is 28.0 Å². The van der Waals surface area contributed by atoms with E-state index in [0.717, 1.165) is 0 Å². The summed E-state index contributed by atoms with van der Waals surface area (Å²) in [5, 5.41) is 5.58. The van der Waals surface area contributed by atoms with E-state index < -0.39 is 29.7 Å². The second-order valence-corrected chi connectivity index (χ2v) is 13.3. The highest BCUT2D eigenvalue weighted by Gasteiger charge is 2.17. The van der Waals surface area contributed by atoms with E-state index in [-0.39, 0.29) is 51.8 Å². The molecular weight excluding hydrogens is 761 g/mol. The molecule has 0 spiro atoms. The van der Waals surface area contributed by atoms with Crippen molar-refractivity contribution in [1.29, 1.82) is 0 Å². The van der Waals surface area contributed by atoms with Crippen LogP contribution in [0.4, 0.5) is 11.4 Å². The maximum atomic E-state index is 13.7. The van der Waals surface area contributed by atoms with Gasteiger partial charge in [-0.15, -0.1) is 0 Å². The van der Waals surface area contributed by atoms with Crippen LogP contribution in [0.15, 0.2) is 182 Å². The monoisotopic (exact) mass is 794 g/mol. The molecule has 0 unspecified atom stereocenters. The van der Waals surface area contributed by atoms with Crippen LogP contribution >= 0.6 is 0 Å². The molecule has 0 saturated carbocycles. The highest BCUT2D eigenvalue weighted by molar-refractivity contribution is 6.08. The van der Waals surface area contributed by atoms with Crippen molar-refractivity contribution in [2.24, 2.45) is 0 Å². The predicted octanol–water partition coefficient (Wildman–Crippen LogP) is 9.27. The van der Waals surface area contributed by atoms with Gasteiger partial charge >= 0.3 is 17.9 Å². The van der Waals surface area contributed by atoms with E-state index in [1.54, 1.807) is 115 Å². The summed E-state index contributed by atoms with van der Waals surface area (Å²) in [6, 6.07) is 48.5. The standard InChI is InChI=1S/C49H34N2O9/c52-44(28-32-16-22-41(23-17-32)58-47(55)35-10-4-1-5-11-35)38-29-39(50-45(53)33-18-24-42(25-19-33)59-48(56)36-12-6-2-7-13-36)31-40(30-38)51-46(54)34-20-26-43(27-21-34)60-49(57)37-14-8-3-9-15-37/h1-27,29-31H,28H2,(H,50,53)(H,51,54). The fourth-order valence-electron chi connectivity index (χ4n) is 5.87. The van der Waals surface area contributed by atoms with Gasteiger partial charge in [-0.05, 0) is 121 Å². The first-order chi connectivity index (χ1) is 29.2. The fraction of sp³-hybridized carbons (Fsp3) is 0.0204. The summed E-state index contributed by atoms with van der Waals surface area (Å²) in [7, 11) is 0. The lowest BCUT2D eigenvalue weighted by atomic mass is 10.0. The van der Waals surface area contributed by atoms with Gasteiger partial charge in [0.15, 0.2) is 5.78 Å². The van der Waals surface area contributed by atoms with Crippen LogP contribution in [0.1, 0.15) is 67.7 Å². The Balaban J connectivity index is 1.06. The van der Waals surface area contributed by atoms with E-state index in [2.05, 4.69) is 10.6 Å². The van der Waals surface area contributed by atoms with Crippen molar-refractivity contribution in [1.82, 2.24) is 0 Å². The van der Waals surface area contributed by atoms with Crippen LogP contribution in [0.3, 0.4) is 0 Å². The first-order valence-electron chi connectivity index (χ1n) is 18.6. The van der Waals surface area contributed by atoms with E-state index in [4.69, 9.17) is 14.2 Å². The molecule has 11 nitrogen and oxygen atoms in total. The molecule has 0 radical (unpaired) electrons. The number of ketones is 1. The number of hydrogen-bond donors (Lipinski definition) is 2. The van der Waals surface area contributed by atoms with Crippen molar-refractivity contribution in [2.75, 3.05) is 10.6 Å². The maximum Gasteiger partial charge on any atom is 0.343 e. The smallest absolute Gasteiger partial charge is 0.343 e. The second kappa shape index (κ2) is 18.7. The van der Waals surface area contributed by atoms with Gasteiger partial charge in [0.1, 0.15) is 17.2 Å². The number of esters is 3. The van der Waals surface area contributed by atoms with Crippen molar-refractivity contribution in [3.05, 3.63) is 221 Å². The molecule has 7 aromatic carbocycles. The third-order valence-electron chi connectivity index (χ3n) is 8.95. The predicted molar refractivity (Wildman–Crippen MR) is 224 cm³/mol. The number of Topliss-reactive ketones (excluding diaryl/α,β-unsaturated/α-hetero) is 1. The Bertz CT molecular complexity index is 2540. The molecule has 7 aromatic rings. The summed E-state index contributed by atoms with van der Waals surface area (Å²) in [6.07, 6.45) is -0.0516. The average molecular weight is 795 g/mol. The van der Waals surface area contributed by atoms with Crippen molar-refractivity contribution in [3.63, 3.8) is 0 Å². The number of carbonyl (C=O) groups is 6. The lowest BCUT2D eigenvalue weighted by Gasteiger charge is -2.13. The van der Waals surface area contributed by atoms with Crippen molar-refractivity contribution < 1.29 is 43.0 Å². The van der Waals surface area contributed by atoms with Crippen LogP contribution in [0.25, 0.3) is 0 Å². The third kappa shape index (κ3) is 10.5. The summed E-state index contributed by atoms with van der Waals surface area (Å²) >= 11 is 0. The van der Waals surface area contributed by atoms with Gasteiger partial charge in [0.25, 0.3) is 11.8 Å². The summed E-state index contributed by atoms with van der Waals surface area (Å²) in [5.41, 5.74) is 2.86. The van der Waals surface area contributed by atoms with Gasteiger partial charge in [-0.25, -0.2) is 14.4 Å². The van der Waals surface area contributed by atoms with E-state index >= 15 is 0 Å². The number of anilines is 2. The summed E-state index contributed by atoms with van der Waals surface area (Å²) in [4.78, 5) is 78.1. The van der Waals surface area contributed by atoms with E-state index in [9.17, 15) is 28.8 Å². The van der Waals surface area contributed by atoms with Gasteiger partial charge in [-0.2, -0.15) is 0 Å². The Morgan fingerprint density at radius 3 is 1.03 bits per heavy atom. The number of ether oxygens (including phenoxy) is 3. The van der Waals surface area contributed by atoms with Crippen LogP contribution in [0.5, 0.6) is 17.2 Å². The number of amides is 2. The minimum absolute atomic E-state index is 0.0516. The summed E-state index contributed by atoms with van der Waals surface area (Å²) < 4.78 is 16.3. The maximum absolute atomic E-state index is 13.7. The molecule has 2 N–H and O–H groups in total. The van der Waals surface area contributed by atoms with Gasteiger partial charge < -0.3 is 24.8 Å². The Morgan fingerprint density at radius 2 is 0.683 bits per heavy atom.